The van der Waals surface area contributed by atoms with Crippen LogP contribution in [-0.4, -0.2) is 55.5 Å². The number of benzene rings is 2. The quantitative estimate of drug-likeness (QED) is 0.535. The summed E-state index contributed by atoms with van der Waals surface area (Å²) < 4.78 is 45.6. The van der Waals surface area contributed by atoms with Crippen molar-refractivity contribution in [3.8, 4) is 12.1 Å². The number of anilines is 1. The monoisotopic (exact) mass is 565 g/mol. The van der Waals surface area contributed by atoms with E-state index in [9.17, 15) is 38.1 Å². The van der Waals surface area contributed by atoms with Crippen LogP contribution in [0.3, 0.4) is 0 Å². The highest BCUT2D eigenvalue weighted by molar-refractivity contribution is 6.12. The fourth-order valence-corrected chi connectivity index (χ4v) is 5.01. The molecule has 2 atom stereocenters. The molecular weight excluding hydrogens is 539 g/mol. The molecule has 212 valence electrons. The first-order valence-electron chi connectivity index (χ1n) is 12.8. The fourth-order valence-electron chi connectivity index (χ4n) is 5.01. The molecule has 3 amide bonds. The van der Waals surface area contributed by atoms with E-state index < -0.39 is 35.4 Å². The molecule has 41 heavy (non-hydrogen) atoms. The number of nitrogens with zero attached hydrogens (tertiary/aromatic N) is 4. The molecule has 1 N–H and O–H groups in total. The largest absolute Gasteiger partial charge is 0.416 e. The number of amides is 3. The number of halogens is 3. The molecule has 0 aliphatic carbocycles. The van der Waals surface area contributed by atoms with Crippen molar-refractivity contribution in [2.24, 2.45) is 5.92 Å². The Balaban J connectivity index is 1.70. The SMILES string of the molecule is CC1=C(C#N)C(c2ccc(C#N)cc2)C(C(=O)NCCC(=O)N2CCOCC2)C(=O)N1c1cccc(C(F)(F)F)c1. The second-order valence-corrected chi connectivity index (χ2v) is 9.56. The fraction of sp³-hybridized carbons (Fsp3) is 0.345. The summed E-state index contributed by atoms with van der Waals surface area (Å²) in [5.41, 5.74) is -0.321. The maximum absolute atomic E-state index is 14.0. The molecule has 2 aromatic carbocycles. The second-order valence-electron chi connectivity index (χ2n) is 9.56. The maximum Gasteiger partial charge on any atom is 0.416 e. The van der Waals surface area contributed by atoms with Gasteiger partial charge in [-0.2, -0.15) is 23.7 Å². The zero-order valence-electron chi connectivity index (χ0n) is 22.1. The van der Waals surface area contributed by atoms with E-state index in [1.54, 1.807) is 4.90 Å². The molecule has 2 unspecified atom stereocenters. The van der Waals surface area contributed by atoms with Gasteiger partial charge >= 0.3 is 6.18 Å². The van der Waals surface area contributed by atoms with E-state index in [4.69, 9.17) is 4.74 Å². The average molecular weight is 566 g/mol. The van der Waals surface area contributed by atoms with E-state index in [1.807, 2.05) is 12.1 Å². The zero-order valence-corrected chi connectivity index (χ0v) is 22.1. The minimum Gasteiger partial charge on any atom is -0.378 e. The van der Waals surface area contributed by atoms with Crippen molar-refractivity contribution in [3.63, 3.8) is 0 Å². The average Bonchev–Trinajstić information content (AvgIpc) is 2.97. The van der Waals surface area contributed by atoms with Gasteiger partial charge < -0.3 is 15.0 Å². The van der Waals surface area contributed by atoms with Crippen LogP contribution in [0.25, 0.3) is 0 Å². The Labute approximate surface area is 234 Å². The second kappa shape index (κ2) is 12.2. The lowest BCUT2D eigenvalue weighted by Crippen LogP contribution is -2.50. The molecule has 0 saturated carbocycles. The minimum absolute atomic E-state index is 0.0104. The molecule has 2 aliphatic rings. The summed E-state index contributed by atoms with van der Waals surface area (Å²) in [6.45, 7) is 3.02. The van der Waals surface area contributed by atoms with Gasteiger partial charge in [-0.15, -0.1) is 0 Å². The Kier molecular flexibility index (Phi) is 8.74. The minimum atomic E-state index is -4.68. The van der Waals surface area contributed by atoms with Crippen LogP contribution >= 0.6 is 0 Å². The number of hydrogen-bond donors (Lipinski definition) is 1. The highest BCUT2D eigenvalue weighted by Gasteiger charge is 2.46. The Morgan fingerprint density at radius 1 is 1.07 bits per heavy atom. The first-order chi connectivity index (χ1) is 19.6. The van der Waals surface area contributed by atoms with Crippen LogP contribution in [0.5, 0.6) is 0 Å². The van der Waals surface area contributed by atoms with Gasteiger partial charge in [0, 0.05) is 43.4 Å². The van der Waals surface area contributed by atoms with E-state index in [0.29, 0.717) is 37.4 Å². The van der Waals surface area contributed by atoms with Gasteiger partial charge in [0.15, 0.2) is 0 Å². The van der Waals surface area contributed by atoms with Crippen LogP contribution in [0.4, 0.5) is 18.9 Å². The number of morpholine rings is 1. The Hall–Kier alpha value is -4.68. The van der Waals surface area contributed by atoms with Gasteiger partial charge in [0.2, 0.25) is 17.7 Å². The van der Waals surface area contributed by atoms with Gasteiger partial charge in [0.1, 0.15) is 5.92 Å². The summed E-state index contributed by atoms with van der Waals surface area (Å²) >= 11 is 0. The van der Waals surface area contributed by atoms with E-state index in [-0.39, 0.29) is 35.8 Å². The summed E-state index contributed by atoms with van der Waals surface area (Å²) in [5, 5.41) is 21.9. The molecule has 2 heterocycles. The third-order valence-corrected chi connectivity index (χ3v) is 7.09. The Bertz CT molecular complexity index is 1450. The molecule has 12 heteroatoms. The zero-order chi connectivity index (χ0) is 29.7. The maximum atomic E-state index is 14.0. The van der Waals surface area contributed by atoms with Crippen molar-refractivity contribution in [2.45, 2.75) is 25.4 Å². The summed E-state index contributed by atoms with van der Waals surface area (Å²) in [4.78, 5) is 42.6. The van der Waals surface area contributed by atoms with Crippen LogP contribution < -0.4 is 10.2 Å². The highest BCUT2D eigenvalue weighted by Crippen LogP contribution is 2.43. The predicted molar refractivity (Wildman–Crippen MR) is 140 cm³/mol. The number of alkyl halides is 3. The predicted octanol–water partition coefficient (Wildman–Crippen LogP) is 3.49. The van der Waals surface area contributed by atoms with Crippen molar-refractivity contribution in [3.05, 3.63) is 76.5 Å². The molecule has 2 aliphatic heterocycles. The van der Waals surface area contributed by atoms with E-state index in [1.165, 1.54) is 37.3 Å². The lowest BCUT2D eigenvalue weighted by molar-refractivity contribution is -0.138. The lowest BCUT2D eigenvalue weighted by atomic mass is 9.75. The smallest absolute Gasteiger partial charge is 0.378 e. The molecule has 9 nitrogen and oxygen atoms in total. The van der Waals surface area contributed by atoms with Gasteiger partial charge in [0.25, 0.3) is 0 Å². The number of carbonyl (C=O) groups is 3. The third kappa shape index (κ3) is 6.23. The number of hydrogen-bond acceptors (Lipinski definition) is 6. The topological polar surface area (TPSA) is 127 Å². The van der Waals surface area contributed by atoms with Gasteiger partial charge in [-0.1, -0.05) is 18.2 Å². The molecule has 4 rings (SSSR count). The molecule has 0 bridgehead atoms. The molecule has 0 radical (unpaired) electrons. The molecular formula is C29H26F3N5O4. The summed E-state index contributed by atoms with van der Waals surface area (Å²) in [7, 11) is 0. The first kappa shape index (κ1) is 29.3. The number of rotatable bonds is 6. The number of nitriles is 2. The van der Waals surface area contributed by atoms with E-state index >= 15 is 0 Å². The number of ether oxygens (including phenoxy) is 1. The van der Waals surface area contributed by atoms with Crippen LogP contribution in [0, 0.1) is 28.6 Å². The summed E-state index contributed by atoms with van der Waals surface area (Å²) in [5.74, 6) is -4.42. The molecule has 0 aromatic heterocycles. The van der Waals surface area contributed by atoms with E-state index in [2.05, 4.69) is 5.32 Å². The summed E-state index contributed by atoms with van der Waals surface area (Å²) in [6, 6.07) is 14.1. The van der Waals surface area contributed by atoms with Gasteiger partial charge in [-0.3, -0.25) is 19.3 Å². The van der Waals surface area contributed by atoms with Crippen LogP contribution in [0.15, 0.2) is 59.8 Å². The molecule has 1 saturated heterocycles. The summed E-state index contributed by atoms with van der Waals surface area (Å²) in [6.07, 6.45) is -4.72. The van der Waals surface area contributed by atoms with Crippen LogP contribution in [0.1, 0.15) is 36.0 Å². The van der Waals surface area contributed by atoms with Crippen molar-refractivity contribution < 1.29 is 32.3 Å². The van der Waals surface area contributed by atoms with Gasteiger partial charge in [-0.05, 0) is 42.8 Å². The van der Waals surface area contributed by atoms with Crippen molar-refractivity contribution in [2.75, 3.05) is 37.7 Å². The van der Waals surface area contributed by atoms with Gasteiger partial charge in [-0.25, -0.2) is 0 Å². The number of nitrogens with one attached hydrogen (secondary N) is 1. The number of allylic oxidation sites excluding steroid dienone is 2. The van der Waals surface area contributed by atoms with Crippen LogP contribution in [-0.2, 0) is 25.3 Å². The highest BCUT2D eigenvalue weighted by atomic mass is 19.4. The van der Waals surface area contributed by atoms with Crippen molar-refractivity contribution in [1.82, 2.24) is 10.2 Å². The lowest BCUT2D eigenvalue weighted by Gasteiger charge is -2.38. The number of carbonyl (C=O) groups excluding carboxylic acids is 3. The normalized spacial score (nSPS) is 19.4. The van der Waals surface area contributed by atoms with Gasteiger partial charge in [0.05, 0.1) is 42.1 Å². The third-order valence-electron chi connectivity index (χ3n) is 7.09. The Morgan fingerprint density at radius 3 is 2.37 bits per heavy atom. The van der Waals surface area contributed by atoms with Crippen molar-refractivity contribution in [1.29, 1.82) is 10.5 Å². The molecule has 2 aromatic rings. The van der Waals surface area contributed by atoms with E-state index in [0.717, 1.165) is 23.1 Å². The van der Waals surface area contributed by atoms with Crippen molar-refractivity contribution >= 4 is 23.4 Å². The molecule has 0 spiro atoms. The standard InChI is InChI=1S/C29H26F3N5O4/c1-18-23(17-34)25(20-7-5-19(16-33)6-8-20)26(27(39)35-10-9-24(38)36-11-13-41-14-12-36)28(40)37(18)22-4-2-3-21(15-22)29(30,31)32/h2-8,15,25-26H,9-14H2,1H3,(H,35,39). The molecule has 1 fully saturated rings. The first-order valence-corrected chi connectivity index (χ1v) is 12.8. The van der Waals surface area contributed by atoms with Crippen LogP contribution in [0.2, 0.25) is 0 Å². The Morgan fingerprint density at radius 2 is 1.76 bits per heavy atom.